The van der Waals surface area contributed by atoms with E-state index >= 15 is 0 Å². The van der Waals surface area contributed by atoms with Gasteiger partial charge in [0.2, 0.25) is 0 Å². The number of hydrogen-bond acceptors (Lipinski definition) is 3. The maximum absolute atomic E-state index is 12.4. The van der Waals surface area contributed by atoms with Crippen LogP contribution in [0.2, 0.25) is 0 Å². The van der Waals surface area contributed by atoms with Gasteiger partial charge in [-0.25, -0.2) is 4.79 Å². The molecule has 5 heteroatoms. The monoisotopic (exact) mass is 304 g/mol. The van der Waals surface area contributed by atoms with E-state index in [1.165, 1.54) is 0 Å². The van der Waals surface area contributed by atoms with Crippen molar-refractivity contribution in [2.45, 2.75) is 26.7 Å². The molecule has 5 nitrogen and oxygen atoms in total. The Kier molecular flexibility index (Phi) is 5.81. The number of amides is 2. The van der Waals surface area contributed by atoms with Crippen LogP contribution in [-0.2, 0) is 4.74 Å². The van der Waals surface area contributed by atoms with Gasteiger partial charge in [0, 0.05) is 31.7 Å². The molecule has 1 heterocycles. The third-order valence-corrected chi connectivity index (χ3v) is 3.85. The van der Waals surface area contributed by atoms with Crippen molar-refractivity contribution in [2.24, 2.45) is 0 Å². The minimum Gasteiger partial charge on any atom is -0.449 e. The van der Waals surface area contributed by atoms with Crippen LogP contribution >= 0.6 is 0 Å². The molecule has 1 aliphatic heterocycles. The van der Waals surface area contributed by atoms with Gasteiger partial charge in [-0.05, 0) is 25.5 Å². The molecule has 2 rings (SSSR count). The summed E-state index contributed by atoms with van der Waals surface area (Å²) in [5.41, 5.74) is 1.83. The lowest BCUT2D eigenvalue weighted by atomic mass is 10.1. The maximum atomic E-state index is 12.4. The number of ether oxygens (including phenoxy) is 1. The zero-order valence-electron chi connectivity index (χ0n) is 13.4. The number of carbonyl (C=O) groups is 2. The molecule has 2 amide bonds. The fourth-order valence-electron chi connectivity index (χ4n) is 2.37. The summed E-state index contributed by atoms with van der Waals surface area (Å²) in [6.45, 7) is 6.69. The largest absolute Gasteiger partial charge is 0.449 e. The predicted octanol–water partition coefficient (Wildman–Crippen LogP) is 2.69. The highest BCUT2D eigenvalue weighted by Gasteiger charge is 2.25. The molecule has 0 bridgehead atoms. The summed E-state index contributed by atoms with van der Waals surface area (Å²) in [6.07, 6.45) is 1.62. The summed E-state index contributed by atoms with van der Waals surface area (Å²) in [4.78, 5) is 27.7. The van der Waals surface area contributed by atoms with Crippen LogP contribution in [0.5, 0.6) is 0 Å². The van der Waals surface area contributed by atoms with Crippen LogP contribution in [-0.4, -0.2) is 54.6 Å². The summed E-state index contributed by atoms with van der Waals surface area (Å²) in [7, 11) is 0. The fourth-order valence-corrected chi connectivity index (χ4v) is 2.37. The van der Waals surface area contributed by atoms with Crippen LogP contribution in [0.15, 0.2) is 24.3 Å². The Labute approximate surface area is 131 Å². The summed E-state index contributed by atoms with van der Waals surface area (Å²) >= 11 is 0. The molecule has 0 N–H and O–H groups in total. The second-order valence-corrected chi connectivity index (χ2v) is 5.61. The van der Waals surface area contributed by atoms with Crippen molar-refractivity contribution in [1.82, 2.24) is 9.80 Å². The molecule has 1 fully saturated rings. The van der Waals surface area contributed by atoms with Gasteiger partial charge in [-0.15, -0.1) is 0 Å². The van der Waals surface area contributed by atoms with E-state index in [-0.39, 0.29) is 12.0 Å². The van der Waals surface area contributed by atoms with E-state index in [1.54, 1.807) is 9.80 Å². The molecule has 0 saturated carbocycles. The summed E-state index contributed by atoms with van der Waals surface area (Å²) < 4.78 is 5.20. The minimum atomic E-state index is -0.268. The Morgan fingerprint density at radius 2 is 1.64 bits per heavy atom. The lowest BCUT2D eigenvalue weighted by molar-refractivity contribution is 0.0557. The van der Waals surface area contributed by atoms with Gasteiger partial charge in [0.25, 0.3) is 5.91 Å². The number of carbonyl (C=O) groups excluding carboxylic acids is 2. The van der Waals surface area contributed by atoms with Crippen molar-refractivity contribution >= 4 is 12.0 Å². The number of rotatable bonds is 4. The first-order chi connectivity index (χ1) is 10.6. The van der Waals surface area contributed by atoms with Gasteiger partial charge in [0.05, 0.1) is 6.61 Å². The van der Waals surface area contributed by atoms with Gasteiger partial charge in [-0.1, -0.05) is 31.0 Å². The molecule has 0 atom stereocenters. The highest BCUT2D eigenvalue weighted by atomic mass is 16.6. The Morgan fingerprint density at radius 1 is 1.05 bits per heavy atom. The van der Waals surface area contributed by atoms with Crippen LogP contribution in [0.1, 0.15) is 35.7 Å². The van der Waals surface area contributed by atoms with E-state index in [1.807, 2.05) is 31.2 Å². The SMILES string of the molecule is CCCCOC(=O)N1CCN(C(=O)c2ccc(C)cc2)CC1. The Morgan fingerprint density at radius 3 is 2.23 bits per heavy atom. The molecule has 1 saturated heterocycles. The second-order valence-electron chi connectivity index (χ2n) is 5.61. The lowest BCUT2D eigenvalue weighted by Crippen LogP contribution is -2.50. The Balaban J connectivity index is 1.82. The maximum Gasteiger partial charge on any atom is 0.409 e. The average Bonchev–Trinajstić information content (AvgIpc) is 2.55. The molecule has 22 heavy (non-hydrogen) atoms. The van der Waals surface area contributed by atoms with Crippen LogP contribution in [0, 0.1) is 6.92 Å². The summed E-state index contributed by atoms with van der Waals surface area (Å²) in [6, 6.07) is 7.58. The molecule has 0 spiro atoms. The predicted molar refractivity (Wildman–Crippen MR) is 84.9 cm³/mol. The standard InChI is InChI=1S/C17H24N2O3/c1-3-4-13-22-17(21)19-11-9-18(10-12-19)16(20)15-7-5-14(2)6-8-15/h5-8H,3-4,9-13H2,1-2H3. The first kappa shape index (κ1) is 16.3. The number of piperazine rings is 1. The van der Waals surface area contributed by atoms with E-state index in [2.05, 4.69) is 6.92 Å². The second kappa shape index (κ2) is 7.82. The molecule has 1 aromatic rings. The quantitative estimate of drug-likeness (QED) is 0.804. The number of unbranched alkanes of at least 4 members (excludes halogenated alkanes) is 1. The topological polar surface area (TPSA) is 49.9 Å². The smallest absolute Gasteiger partial charge is 0.409 e. The van der Waals surface area contributed by atoms with E-state index in [0.29, 0.717) is 38.3 Å². The molecule has 0 aromatic heterocycles. The highest BCUT2D eigenvalue weighted by Crippen LogP contribution is 2.11. The minimum absolute atomic E-state index is 0.0269. The molecule has 1 aliphatic rings. The van der Waals surface area contributed by atoms with Gasteiger partial charge < -0.3 is 14.5 Å². The first-order valence-electron chi connectivity index (χ1n) is 7.89. The van der Waals surface area contributed by atoms with Crippen molar-refractivity contribution < 1.29 is 14.3 Å². The zero-order chi connectivity index (χ0) is 15.9. The molecule has 0 aliphatic carbocycles. The normalized spacial score (nSPS) is 14.8. The Bertz CT molecular complexity index is 505. The van der Waals surface area contributed by atoms with Crippen molar-refractivity contribution in [3.05, 3.63) is 35.4 Å². The van der Waals surface area contributed by atoms with E-state index in [9.17, 15) is 9.59 Å². The summed E-state index contributed by atoms with van der Waals surface area (Å²) in [5, 5.41) is 0. The van der Waals surface area contributed by atoms with E-state index in [0.717, 1.165) is 18.4 Å². The van der Waals surface area contributed by atoms with Crippen LogP contribution in [0.25, 0.3) is 0 Å². The first-order valence-corrected chi connectivity index (χ1v) is 7.89. The fraction of sp³-hybridized carbons (Fsp3) is 0.529. The van der Waals surface area contributed by atoms with Crippen molar-refractivity contribution in [3.8, 4) is 0 Å². The molecule has 120 valence electrons. The van der Waals surface area contributed by atoms with Crippen LogP contribution in [0.3, 0.4) is 0 Å². The average molecular weight is 304 g/mol. The summed E-state index contributed by atoms with van der Waals surface area (Å²) in [5.74, 6) is 0.0269. The van der Waals surface area contributed by atoms with Crippen molar-refractivity contribution in [2.75, 3.05) is 32.8 Å². The zero-order valence-corrected chi connectivity index (χ0v) is 13.4. The molecule has 0 unspecified atom stereocenters. The van der Waals surface area contributed by atoms with Gasteiger partial charge in [-0.2, -0.15) is 0 Å². The van der Waals surface area contributed by atoms with Crippen LogP contribution < -0.4 is 0 Å². The number of hydrogen-bond donors (Lipinski definition) is 0. The van der Waals surface area contributed by atoms with E-state index < -0.39 is 0 Å². The third kappa shape index (κ3) is 4.23. The highest BCUT2D eigenvalue weighted by molar-refractivity contribution is 5.94. The number of benzene rings is 1. The molecule has 0 radical (unpaired) electrons. The van der Waals surface area contributed by atoms with Crippen molar-refractivity contribution in [3.63, 3.8) is 0 Å². The van der Waals surface area contributed by atoms with Gasteiger partial charge in [-0.3, -0.25) is 4.79 Å². The molecule has 1 aromatic carbocycles. The van der Waals surface area contributed by atoms with Gasteiger partial charge >= 0.3 is 6.09 Å². The number of aryl methyl sites for hydroxylation is 1. The van der Waals surface area contributed by atoms with Crippen LogP contribution in [0.4, 0.5) is 4.79 Å². The van der Waals surface area contributed by atoms with Crippen molar-refractivity contribution in [1.29, 1.82) is 0 Å². The van der Waals surface area contributed by atoms with E-state index in [4.69, 9.17) is 4.74 Å². The molecular weight excluding hydrogens is 280 g/mol. The van der Waals surface area contributed by atoms with Gasteiger partial charge in [0.15, 0.2) is 0 Å². The number of nitrogens with zero attached hydrogens (tertiary/aromatic N) is 2. The molecular formula is C17H24N2O3. The lowest BCUT2D eigenvalue weighted by Gasteiger charge is -2.34. The third-order valence-electron chi connectivity index (χ3n) is 3.85. The van der Waals surface area contributed by atoms with Gasteiger partial charge in [0.1, 0.15) is 0 Å². The Hall–Kier alpha value is -2.04.